The lowest BCUT2D eigenvalue weighted by Crippen LogP contribution is -2.25. The van der Waals surface area contributed by atoms with Crippen LogP contribution in [-0.4, -0.2) is 37.4 Å². The first kappa shape index (κ1) is 20.8. The molecular formula is C24H22N2O4S. The van der Waals surface area contributed by atoms with Gasteiger partial charge in [-0.2, -0.15) is 12.6 Å². The molecule has 0 fully saturated rings. The van der Waals surface area contributed by atoms with Crippen LogP contribution in [-0.2, 0) is 0 Å². The van der Waals surface area contributed by atoms with Gasteiger partial charge in [0, 0.05) is 35.5 Å². The molecule has 0 aliphatic heterocycles. The van der Waals surface area contributed by atoms with E-state index < -0.39 is 0 Å². The molecule has 0 radical (unpaired) electrons. The summed E-state index contributed by atoms with van der Waals surface area (Å²) < 4.78 is 17.0. The standard InChI is InChI=1S/C24H22N2O4S/c1-28-22-13-19-20(14-23(22)29-2)25-9-8-21(19)30-16-6-7-17-15(12-16)4-3-5-18(17)24(27)26-10-11-31/h3-9,12-14,31H,10-11H2,1-2H3,(H,26,27). The number of nitrogens with one attached hydrogen (secondary N) is 1. The first-order chi connectivity index (χ1) is 15.1. The third-order valence-corrected chi connectivity index (χ3v) is 5.15. The van der Waals surface area contributed by atoms with E-state index >= 15 is 0 Å². The van der Waals surface area contributed by atoms with Crippen LogP contribution in [0.5, 0.6) is 23.0 Å². The summed E-state index contributed by atoms with van der Waals surface area (Å²) >= 11 is 4.14. The number of carbonyl (C=O) groups is 1. The van der Waals surface area contributed by atoms with Gasteiger partial charge in [0.05, 0.1) is 19.7 Å². The van der Waals surface area contributed by atoms with Crippen LogP contribution in [0.3, 0.4) is 0 Å². The third kappa shape index (κ3) is 4.22. The lowest BCUT2D eigenvalue weighted by molar-refractivity contribution is 0.0958. The zero-order valence-corrected chi connectivity index (χ0v) is 18.1. The number of hydrogen-bond acceptors (Lipinski definition) is 6. The van der Waals surface area contributed by atoms with Crippen LogP contribution in [0.15, 0.2) is 60.8 Å². The van der Waals surface area contributed by atoms with Gasteiger partial charge in [-0.25, -0.2) is 0 Å². The fourth-order valence-corrected chi connectivity index (χ4v) is 3.56. The van der Waals surface area contributed by atoms with Crippen LogP contribution in [0.25, 0.3) is 21.7 Å². The molecular weight excluding hydrogens is 412 g/mol. The molecule has 0 aliphatic carbocycles. The molecule has 4 aromatic rings. The smallest absolute Gasteiger partial charge is 0.251 e. The molecule has 0 saturated carbocycles. The Morgan fingerprint density at radius 2 is 1.77 bits per heavy atom. The summed E-state index contributed by atoms with van der Waals surface area (Å²) in [4.78, 5) is 16.9. The predicted octanol–water partition coefficient (Wildman–Crippen LogP) is 4.86. The van der Waals surface area contributed by atoms with E-state index in [2.05, 4.69) is 22.9 Å². The highest BCUT2D eigenvalue weighted by Gasteiger charge is 2.13. The van der Waals surface area contributed by atoms with Gasteiger partial charge in [0.25, 0.3) is 5.91 Å². The molecule has 0 aliphatic rings. The van der Waals surface area contributed by atoms with Gasteiger partial charge in [0.15, 0.2) is 11.5 Å². The van der Waals surface area contributed by atoms with Crippen molar-refractivity contribution in [2.45, 2.75) is 0 Å². The number of aromatic nitrogens is 1. The molecule has 1 N–H and O–H groups in total. The highest BCUT2D eigenvalue weighted by atomic mass is 32.1. The van der Waals surface area contributed by atoms with Crippen molar-refractivity contribution in [3.63, 3.8) is 0 Å². The molecule has 0 unspecified atom stereocenters. The summed E-state index contributed by atoms with van der Waals surface area (Å²) in [6.07, 6.45) is 1.69. The minimum absolute atomic E-state index is 0.116. The monoisotopic (exact) mass is 434 g/mol. The molecule has 3 aromatic carbocycles. The maximum atomic E-state index is 12.4. The number of rotatable bonds is 7. The Labute approximate surface area is 185 Å². The first-order valence-corrected chi connectivity index (χ1v) is 10.4. The summed E-state index contributed by atoms with van der Waals surface area (Å²) in [7, 11) is 3.18. The van der Waals surface area contributed by atoms with E-state index in [0.29, 0.717) is 40.9 Å². The molecule has 1 heterocycles. The fourth-order valence-electron chi connectivity index (χ4n) is 3.45. The van der Waals surface area contributed by atoms with E-state index in [1.54, 1.807) is 26.5 Å². The number of ether oxygens (including phenoxy) is 3. The minimum atomic E-state index is -0.116. The maximum Gasteiger partial charge on any atom is 0.251 e. The van der Waals surface area contributed by atoms with Crippen molar-refractivity contribution in [2.75, 3.05) is 26.5 Å². The zero-order valence-electron chi connectivity index (χ0n) is 17.2. The number of thiol groups is 1. The zero-order chi connectivity index (χ0) is 21.8. The lowest BCUT2D eigenvalue weighted by atomic mass is 10.0. The van der Waals surface area contributed by atoms with Crippen molar-refractivity contribution in [2.24, 2.45) is 0 Å². The predicted molar refractivity (Wildman–Crippen MR) is 125 cm³/mol. The number of methoxy groups -OCH3 is 2. The number of hydrogen-bond donors (Lipinski definition) is 2. The summed E-state index contributed by atoms with van der Waals surface area (Å²) in [6.45, 7) is 0.517. The van der Waals surface area contributed by atoms with E-state index in [1.807, 2.05) is 48.5 Å². The van der Waals surface area contributed by atoms with Crippen LogP contribution < -0.4 is 19.5 Å². The number of fused-ring (bicyclic) bond motifs is 2. The van der Waals surface area contributed by atoms with Crippen molar-refractivity contribution in [3.05, 3.63) is 66.4 Å². The second kappa shape index (κ2) is 9.14. The van der Waals surface area contributed by atoms with Gasteiger partial charge in [-0.3, -0.25) is 9.78 Å². The molecule has 0 bridgehead atoms. The molecule has 7 heteroatoms. The van der Waals surface area contributed by atoms with Gasteiger partial charge in [0.2, 0.25) is 0 Å². The summed E-state index contributed by atoms with van der Waals surface area (Å²) in [5.74, 6) is 2.98. The number of nitrogens with zero attached hydrogens (tertiary/aromatic N) is 1. The molecule has 4 rings (SSSR count). The van der Waals surface area contributed by atoms with Gasteiger partial charge in [0.1, 0.15) is 11.5 Å². The molecule has 0 saturated heterocycles. The Morgan fingerprint density at radius 1 is 0.968 bits per heavy atom. The third-order valence-electron chi connectivity index (χ3n) is 4.93. The molecule has 1 amide bonds. The van der Waals surface area contributed by atoms with E-state index in [9.17, 15) is 4.79 Å². The lowest BCUT2D eigenvalue weighted by Gasteiger charge is -2.13. The normalized spacial score (nSPS) is 10.8. The number of amides is 1. The highest BCUT2D eigenvalue weighted by molar-refractivity contribution is 7.80. The molecule has 31 heavy (non-hydrogen) atoms. The quantitative estimate of drug-likeness (QED) is 0.407. The van der Waals surface area contributed by atoms with E-state index in [-0.39, 0.29) is 5.91 Å². The van der Waals surface area contributed by atoms with Crippen LogP contribution in [0.2, 0.25) is 0 Å². The summed E-state index contributed by atoms with van der Waals surface area (Å²) in [5.41, 5.74) is 1.36. The van der Waals surface area contributed by atoms with E-state index in [0.717, 1.165) is 21.7 Å². The number of pyridine rings is 1. The van der Waals surface area contributed by atoms with Crippen molar-refractivity contribution < 1.29 is 19.0 Å². The maximum absolute atomic E-state index is 12.4. The molecule has 1 aromatic heterocycles. The molecule has 158 valence electrons. The Bertz CT molecular complexity index is 1260. The topological polar surface area (TPSA) is 69.7 Å². The van der Waals surface area contributed by atoms with E-state index in [4.69, 9.17) is 14.2 Å². The Hall–Kier alpha value is -3.45. The highest BCUT2D eigenvalue weighted by Crippen LogP contribution is 2.37. The Balaban J connectivity index is 1.70. The van der Waals surface area contributed by atoms with Gasteiger partial charge in [-0.15, -0.1) is 0 Å². The summed E-state index contributed by atoms with van der Waals surface area (Å²) in [5, 5.41) is 5.44. The first-order valence-electron chi connectivity index (χ1n) is 9.75. The second-order valence-electron chi connectivity index (χ2n) is 6.80. The van der Waals surface area contributed by atoms with E-state index in [1.165, 1.54) is 0 Å². The molecule has 6 nitrogen and oxygen atoms in total. The van der Waals surface area contributed by atoms with Crippen molar-refractivity contribution >= 4 is 40.2 Å². The van der Waals surface area contributed by atoms with Gasteiger partial charge in [-0.1, -0.05) is 12.1 Å². The molecule has 0 atom stereocenters. The Morgan fingerprint density at radius 3 is 2.55 bits per heavy atom. The number of benzene rings is 3. The van der Waals surface area contributed by atoms with Gasteiger partial charge in [-0.05, 0) is 47.2 Å². The second-order valence-corrected chi connectivity index (χ2v) is 7.25. The molecule has 0 spiro atoms. The minimum Gasteiger partial charge on any atom is -0.493 e. The van der Waals surface area contributed by atoms with Crippen molar-refractivity contribution in [1.82, 2.24) is 10.3 Å². The van der Waals surface area contributed by atoms with Crippen LogP contribution in [0, 0.1) is 0 Å². The van der Waals surface area contributed by atoms with Crippen LogP contribution in [0.4, 0.5) is 0 Å². The van der Waals surface area contributed by atoms with Crippen LogP contribution >= 0.6 is 12.6 Å². The van der Waals surface area contributed by atoms with Crippen molar-refractivity contribution in [3.8, 4) is 23.0 Å². The summed E-state index contributed by atoms with van der Waals surface area (Å²) in [6, 6.07) is 16.8. The van der Waals surface area contributed by atoms with Gasteiger partial charge < -0.3 is 19.5 Å². The van der Waals surface area contributed by atoms with Crippen molar-refractivity contribution in [1.29, 1.82) is 0 Å². The van der Waals surface area contributed by atoms with Crippen LogP contribution in [0.1, 0.15) is 10.4 Å². The largest absolute Gasteiger partial charge is 0.493 e. The SMILES string of the molecule is COc1cc2nccc(Oc3ccc4c(C(=O)NCCS)cccc4c3)c2cc1OC. The number of carbonyl (C=O) groups excluding carboxylic acids is 1. The fraction of sp³-hybridized carbons (Fsp3) is 0.167. The Kier molecular flexibility index (Phi) is 6.13. The average molecular weight is 435 g/mol. The van der Waals surface area contributed by atoms with Gasteiger partial charge >= 0.3 is 0 Å². The average Bonchev–Trinajstić information content (AvgIpc) is 2.81.